The number of thiazole rings is 1. The van der Waals surface area contributed by atoms with Crippen molar-refractivity contribution in [3.63, 3.8) is 0 Å². The van der Waals surface area contributed by atoms with Crippen LogP contribution in [0.15, 0.2) is 0 Å². The van der Waals surface area contributed by atoms with Gasteiger partial charge in [0.2, 0.25) is 0 Å². The molecule has 1 amide bonds. The summed E-state index contributed by atoms with van der Waals surface area (Å²) in [4.78, 5) is 15.9. The minimum Gasteiger partial charge on any atom is -0.444 e. The number of carbonyl (C=O) groups excluding carboxylic acids is 1. The van der Waals surface area contributed by atoms with Gasteiger partial charge in [0, 0.05) is 0 Å². The first kappa shape index (κ1) is 14.8. The lowest BCUT2D eigenvalue weighted by atomic mass is 10.2. The minimum absolute atomic E-state index is 0.282. The molecule has 1 heterocycles. The number of ether oxygens (including phenoxy) is 1. The predicted molar refractivity (Wildman–Crippen MR) is 67.6 cm³/mol. The highest BCUT2D eigenvalue weighted by molar-refractivity contribution is 7.16. The summed E-state index contributed by atoms with van der Waals surface area (Å²) in [7, 11) is 0. The number of aryl methyl sites for hydroxylation is 1. The summed E-state index contributed by atoms with van der Waals surface area (Å²) in [5, 5.41) is 12.1. The number of aliphatic hydroxyl groups is 1. The summed E-state index contributed by atoms with van der Waals surface area (Å²) in [5.74, 6) is 0. The van der Waals surface area contributed by atoms with Crippen molar-refractivity contribution in [3.8, 4) is 0 Å². The molecule has 0 saturated carbocycles. The molecule has 1 rings (SSSR count). The second-order valence-corrected chi connectivity index (χ2v) is 5.80. The zero-order chi connectivity index (χ0) is 13.9. The molecule has 7 heteroatoms. The fourth-order valence-electron chi connectivity index (χ4n) is 1.23. The van der Waals surface area contributed by atoms with Crippen LogP contribution < -0.4 is 5.32 Å². The zero-order valence-corrected chi connectivity index (χ0v) is 11.6. The number of aliphatic hydroxyl groups excluding tert-OH is 1. The van der Waals surface area contributed by atoms with Crippen LogP contribution in [0.3, 0.4) is 0 Å². The molecule has 18 heavy (non-hydrogen) atoms. The van der Waals surface area contributed by atoms with E-state index in [1.807, 2.05) is 0 Å². The minimum atomic E-state index is -1.20. The van der Waals surface area contributed by atoms with Crippen molar-refractivity contribution in [2.45, 2.75) is 39.4 Å². The summed E-state index contributed by atoms with van der Waals surface area (Å²) in [6.45, 7) is 6.01. The monoisotopic (exact) mass is 276 g/mol. The molecule has 0 aliphatic heterocycles. The smallest absolute Gasteiger partial charge is 0.413 e. The topological polar surface area (TPSA) is 71.5 Å². The molecule has 0 aromatic carbocycles. The molecule has 0 radical (unpaired) electrons. The number of rotatable bonds is 3. The molecule has 0 bridgehead atoms. The van der Waals surface area contributed by atoms with Gasteiger partial charge in [-0.25, -0.2) is 14.2 Å². The number of carbonyl (C=O) groups is 1. The molecule has 1 atom stereocenters. The molecule has 0 aliphatic carbocycles. The number of nitrogens with zero attached hydrogens (tertiary/aromatic N) is 1. The van der Waals surface area contributed by atoms with Gasteiger partial charge in [-0.3, -0.25) is 5.32 Å². The summed E-state index contributed by atoms with van der Waals surface area (Å²) in [5.41, 5.74) is -0.103. The van der Waals surface area contributed by atoms with Gasteiger partial charge in [0.15, 0.2) is 5.13 Å². The van der Waals surface area contributed by atoms with E-state index in [-0.39, 0.29) is 5.13 Å². The van der Waals surface area contributed by atoms with Crippen LogP contribution in [-0.2, 0) is 4.74 Å². The SMILES string of the molecule is Cc1nc(NC(=O)OC(C)(C)C)sc1C(O)CF. The van der Waals surface area contributed by atoms with Gasteiger partial charge in [0.1, 0.15) is 18.4 Å². The fraction of sp³-hybridized carbons (Fsp3) is 0.636. The van der Waals surface area contributed by atoms with Crippen molar-refractivity contribution >= 4 is 22.6 Å². The van der Waals surface area contributed by atoms with Crippen LogP contribution >= 0.6 is 11.3 Å². The summed E-state index contributed by atoms with van der Waals surface area (Å²) >= 11 is 1.03. The molecule has 1 unspecified atom stereocenters. The molecule has 2 N–H and O–H groups in total. The Morgan fingerprint density at radius 1 is 1.61 bits per heavy atom. The van der Waals surface area contributed by atoms with Crippen LogP contribution in [0.5, 0.6) is 0 Å². The van der Waals surface area contributed by atoms with Crippen LogP contribution in [-0.4, -0.2) is 28.5 Å². The van der Waals surface area contributed by atoms with E-state index in [4.69, 9.17) is 4.74 Å². The van der Waals surface area contributed by atoms with Crippen molar-refractivity contribution in [3.05, 3.63) is 10.6 Å². The van der Waals surface area contributed by atoms with Gasteiger partial charge in [-0.2, -0.15) is 0 Å². The van der Waals surface area contributed by atoms with E-state index in [9.17, 15) is 14.3 Å². The fourth-order valence-corrected chi connectivity index (χ4v) is 2.15. The maximum absolute atomic E-state index is 12.4. The molecule has 0 aliphatic rings. The number of halogens is 1. The van der Waals surface area contributed by atoms with Crippen LogP contribution in [0.4, 0.5) is 14.3 Å². The molecule has 102 valence electrons. The largest absolute Gasteiger partial charge is 0.444 e. The Balaban J connectivity index is 2.72. The number of anilines is 1. The molecule has 0 fully saturated rings. The van der Waals surface area contributed by atoms with E-state index >= 15 is 0 Å². The molecular formula is C11H17FN2O3S. The summed E-state index contributed by atoms with van der Waals surface area (Å²) in [6, 6.07) is 0. The van der Waals surface area contributed by atoms with Crippen molar-refractivity contribution in [2.24, 2.45) is 0 Å². The van der Waals surface area contributed by atoms with Gasteiger partial charge in [-0.15, -0.1) is 0 Å². The first-order chi connectivity index (χ1) is 8.23. The van der Waals surface area contributed by atoms with Crippen molar-refractivity contribution in [2.75, 3.05) is 12.0 Å². The van der Waals surface area contributed by atoms with E-state index in [2.05, 4.69) is 10.3 Å². The average molecular weight is 276 g/mol. The maximum atomic E-state index is 12.4. The van der Waals surface area contributed by atoms with E-state index in [0.29, 0.717) is 10.6 Å². The first-order valence-corrected chi connectivity index (χ1v) is 6.26. The van der Waals surface area contributed by atoms with E-state index < -0.39 is 24.5 Å². The predicted octanol–water partition coefficient (Wildman–Crippen LogP) is 2.80. The van der Waals surface area contributed by atoms with Gasteiger partial charge in [-0.1, -0.05) is 11.3 Å². The Labute approximate surface area is 109 Å². The highest BCUT2D eigenvalue weighted by atomic mass is 32.1. The number of hydrogen-bond donors (Lipinski definition) is 2. The van der Waals surface area contributed by atoms with E-state index in [1.54, 1.807) is 27.7 Å². The lowest BCUT2D eigenvalue weighted by Crippen LogP contribution is -2.27. The number of nitrogens with one attached hydrogen (secondary N) is 1. The standard InChI is InChI=1S/C11H17FN2O3S/c1-6-8(7(15)5-12)18-9(13-6)14-10(16)17-11(2,3)4/h7,15H,5H2,1-4H3,(H,13,14,16). The molecule has 0 spiro atoms. The van der Waals surface area contributed by atoms with Crippen LogP contribution in [0.25, 0.3) is 0 Å². The van der Waals surface area contributed by atoms with Crippen molar-refractivity contribution in [1.29, 1.82) is 0 Å². The lowest BCUT2D eigenvalue weighted by Gasteiger charge is -2.18. The van der Waals surface area contributed by atoms with Crippen LogP contribution in [0.2, 0.25) is 0 Å². The lowest BCUT2D eigenvalue weighted by molar-refractivity contribution is 0.0636. The number of aromatic nitrogens is 1. The van der Waals surface area contributed by atoms with Crippen molar-refractivity contribution < 1.29 is 19.0 Å². The highest BCUT2D eigenvalue weighted by Gasteiger charge is 2.20. The maximum Gasteiger partial charge on any atom is 0.413 e. The van der Waals surface area contributed by atoms with Gasteiger partial charge in [0.05, 0.1) is 10.6 Å². The Morgan fingerprint density at radius 3 is 2.72 bits per heavy atom. The normalized spacial score (nSPS) is 13.2. The highest BCUT2D eigenvalue weighted by Crippen LogP contribution is 2.28. The number of hydrogen-bond acceptors (Lipinski definition) is 5. The second kappa shape index (κ2) is 5.62. The molecule has 1 aromatic rings. The molecule has 5 nitrogen and oxygen atoms in total. The Bertz CT molecular complexity index is 428. The first-order valence-electron chi connectivity index (χ1n) is 5.44. The van der Waals surface area contributed by atoms with Gasteiger partial charge < -0.3 is 9.84 Å². The number of alkyl halides is 1. The Morgan fingerprint density at radius 2 is 2.22 bits per heavy atom. The summed E-state index contributed by atoms with van der Waals surface area (Å²) in [6.07, 6.45) is -1.82. The zero-order valence-electron chi connectivity index (χ0n) is 10.8. The average Bonchev–Trinajstić information content (AvgIpc) is 2.55. The third-order valence-electron chi connectivity index (χ3n) is 1.89. The van der Waals surface area contributed by atoms with Crippen LogP contribution in [0.1, 0.15) is 37.4 Å². The van der Waals surface area contributed by atoms with Gasteiger partial charge in [0.25, 0.3) is 0 Å². The summed E-state index contributed by atoms with van der Waals surface area (Å²) < 4.78 is 17.4. The van der Waals surface area contributed by atoms with Gasteiger partial charge in [-0.05, 0) is 27.7 Å². The quantitative estimate of drug-likeness (QED) is 0.890. The third-order valence-corrected chi connectivity index (χ3v) is 3.06. The second-order valence-electron chi connectivity index (χ2n) is 4.77. The Kier molecular flexibility index (Phi) is 4.64. The van der Waals surface area contributed by atoms with Crippen LogP contribution in [0, 0.1) is 6.92 Å². The molecular weight excluding hydrogens is 259 g/mol. The van der Waals surface area contributed by atoms with E-state index in [1.165, 1.54) is 0 Å². The van der Waals surface area contributed by atoms with Gasteiger partial charge >= 0.3 is 6.09 Å². The third kappa shape index (κ3) is 4.23. The van der Waals surface area contributed by atoms with Crippen molar-refractivity contribution in [1.82, 2.24) is 4.98 Å². The van der Waals surface area contributed by atoms with E-state index in [0.717, 1.165) is 11.3 Å². The Hall–Kier alpha value is -1.21. The number of amides is 1. The molecule has 1 aromatic heterocycles. The molecule has 0 saturated heterocycles.